The lowest BCUT2D eigenvalue weighted by atomic mass is 9.96. The van der Waals surface area contributed by atoms with Gasteiger partial charge in [0.15, 0.2) is 11.5 Å². The van der Waals surface area contributed by atoms with Gasteiger partial charge in [0.1, 0.15) is 5.03 Å². The van der Waals surface area contributed by atoms with Crippen LogP contribution in [0.25, 0.3) is 0 Å². The molecule has 8 heteroatoms. The SMILES string of the molecule is O=C(CSc1ncccc1C(=O)NC1CCCCCCC1)Nc1ccc2c(c1)OCO2. The molecule has 1 aliphatic carbocycles. The number of nitrogens with zero attached hydrogens (tertiary/aromatic N) is 1. The lowest BCUT2D eigenvalue weighted by Gasteiger charge is -2.21. The molecule has 0 saturated heterocycles. The summed E-state index contributed by atoms with van der Waals surface area (Å²) in [6.07, 6.45) is 9.75. The van der Waals surface area contributed by atoms with E-state index < -0.39 is 0 Å². The van der Waals surface area contributed by atoms with Crippen molar-refractivity contribution in [3.05, 3.63) is 42.1 Å². The molecule has 0 spiro atoms. The number of amides is 2. The van der Waals surface area contributed by atoms with Crippen molar-refractivity contribution in [2.45, 2.75) is 56.0 Å². The molecule has 7 nitrogen and oxygen atoms in total. The van der Waals surface area contributed by atoms with Crippen LogP contribution in [0.4, 0.5) is 5.69 Å². The number of aromatic nitrogens is 1. The third kappa shape index (κ3) is 5.91. The standard InChI is InChI=1S/C23H27N3O4S/c27-21(25-17-10-11-19-20(13-17)30-15-29-19)14-31-23-18(9-6-12-24-23)22(28)26-16-7-4-2-1-3-5-8-16/h6,9-13,16H,1-5,7-8,14-15H2,(H,25,27)(H,26,28). The van der Waals surface area contributed by atoms with Crippen molar-refractivity contribution < 1.29 is 19.1 Å². The fourth-order valence-corrected chi connectivity index (χ4v) is 4.64. The van der Waals surface area contributed by atoms with Gasteiger partial charge in [0.2, 0.25) is 12.7 Å². The highest BCUT2D eigenvalue weighted by molar-refractivity contribution is 8.00. The molecular weight excluding hydrogens is 414 g/mol. The van der Waals surface area contributed by atoms with E-state index >= 15 is 0 Å². The summed E-state index contributed by atoms with van der Waals surface area (Å²) in [4.78, 5) is 29.6. The van der Waals surface area contributed by atoms with Gasteiger partial charge < -0.3 is 20.1 Å². The first-order valence-corrected chi connectivity index (χ1v) is 11.8. The summed E-state index contributed by atoms with van der Waals surface area (Å²) in [5, 5.41) is 6.58. The first-order chi connectivity index (χ1) is 15.2. The molecule has 0 atom stereocenters. The summed E-state index contributed by atoms with van der Waals surface area (Å²) >= 11 is 1.26. The average molecular weight is 442 g/mol. The smallest absolute Gasteiger partial charge is 0.254 e. The molecule has 1 aromatic carbocycles. The van der Waals surface area contributed by atoms with Gasteiger partial charge in [0.25, 0.3) is 5.91 Å². The highest BCUT2D eigenvalue weighted by atomic mass is 32.2. The molecule has 164 valence electrons. The van der Waals surface area contributed by atoms with Crippen LogP contribution in [0.3, 0.4) is 0 Å². The van der Waals surface area contributed by atoms with Crippen molar-refractivity contribution in [3.8, 4) is 11.5 Å². The van der Waals surface area contributed by atoms with Crippen LogP contribution < -0.4 is 20.1 Å². The molecule has 2 aliphatic rings. The Labute approximate surface area is 186 Å². The Balaban J connectivity index is 1.33. The summed E-state index contributed by atoms with van der Waals surface area (Å²) in [5.74, 6) is 1.14. The molecule has 0 unspecified atom stereocenters. The predicted molar refractivity (Wildman–Crippen MR) is 120 cm³/mol. The number of nitrogens with one attached hydrogen (secondary N) is 2. The Bertz CT molecular complexity index is 929. The van der Waals surface area contributed by atoms with Crippen molar-refractivity contribution in [2.75, 3.05) is 17.9 Å². The molecule has 2 heterocycles. The summed E-state index contributed by atoms with van der Waals surface area (Å²) in [6.45, 7) is 0.188. The van der Waals surface area contributed by atoms with Crippen LogP contribution in [-0.4, -0.2) is 35.4 Å². The number of fused-ring (bicyclic) bond motifs is 1. The van der Waals surface area contributed by atoms with E-state index in [4.69, 9.17) is 9.47 Å². The fraction of sp³-hybridized carbons (Fsp3) is 0.435. The van der Waals surface area contributed by atoms with Crippen molar-refractivity contribution in [1.82, 2.24) is 10.3 Å². The maximum absolute atomic E-state index is 12.9. The molecule has 2 amide bonds. The van der Waals surface area contributed by atoms with Crippen molar-refractivity contribution >= 4 is 29.3 Å². The number of pyridine rings is 1. The lowest BCUT2D eigenvalue weighted by molar-refractivity contribution is -0.113. The summed E-state index contributed by atoms with van der Waals surface area (Å²) < 4.78 is 10.6. The quantitative estimate of drug-likeness (QED) is 0.647. The van der Waals surface area contributed by atoms with Crippen LogP contribution in [0, 0.1) is 0 Å². The van der Waals surface area contributed by atoms with Crippen LogP contribution in [0.2, 0.25) is 0 Å². The molecule has 2 N–H and O–H groups in total. The predicted octanol–water partition coefficient (Wildman–Crippen LogP) is 4.38. The van der Waals surface area contributed by atoms with E-state index in [9.17, 15) is 9.59 Å². The molecule has 4 rings (SSSR count). The van der Waals surface area contributed by atoms with Crippen molar-refractivity contribution in [3.63, 3.8) is 0 Å². The minimum absolute atomic E-state index is 0.114. The Morgan fingerprint density at radius 2 is 1.81 bits per heavy atom. The zero-order valence-electron chi connectivity index (χ0n) is 17.4. The van der Waals surface area contributed by atoms with Gasteiger partial charge >= 0.3 is 0 Å². The Morgan fingerprint density at radius 3 is 2.65 bits per heavy atom. The number of benzene rings is 1. The number of hydrogen-bond acceptors (Lipinski definition) is 6. The molecule has 0 radical (unpaired) electrons. The van der Waals surface area contributed by atoms with Gasteiger partial charge in [-0.1, -0.05) is 43.9 Å². The summed E-state index contributed by atoms with van der Waals surface area (Å²) in [6, 6.07) is 9.00. The van der Waals surface area contributed by atoms with E-state index in [2.05, 4.69) is 15.6 Å². The van der Waals surface area contributed by atoms with Gasteiger partial charge in [-0.3, -0.25) is 9.59 Å². The topological polar surface area (TPSA) is 89.6 Å². The maximum Gasteiger partial charge on any atom is 0.254 e. The van der Waals surface area contributed by atoms with E-state index in [0.29, 0.717) is 27.8 Å². The number of rotatable bonds is 6. The van der Waals surface area contributed by atoms with Gasteiger partial charge in [0.05, 0.1) is 11.3 Å². The zero-order chi connectivity index (χ0) is 21.5. The van der Waals surface area contributed by atoms with Crippen LogP contribution in [0.5, 0.6) is 11.5 Å². The third-order valence-corrected chi connectivity index (χ3v) is 6.46. The molecule has 2 aromatic rings. The van der Waals surface area contributed by atoms with E-state index in [1.54, 1.807) is 36.5 Å². The Hall–Kier alpha value is -2.74. The number of carbonyl (C=O) groups excluding carboxylic acids is 2. The van der Waals surface area contributed by atoms with Crippen LogP contribution in [0.15, 0.2) is 41.6 Å². The zero-order valence-corrected chi connectivity index (χ0v) is 18.2. The number of carbonyl (C=O) groups is 2. The lowest BCUT2D eigenvalue weighted by Crippen LogP contribution is -2.35. The molecule has 31 heavy (non-hydrogen) atoms. The van der Waals surface area contributed by atoms with Gasteiger partial charge in [-0.15, -0.1) is 0 Å². The molecule has 0 bridgehead atoms. The number of thioether (sulfide) groups is 1. The van der Waals surface area contributed by atoms with Gasteiger partial charge in [-0.25, -0.2) is 4.98 Å². The first kappa shape index (κ1) is 21.5. The molecular formula is C23H27N3O4S. The van der Waals surface area contributed by atoms with Crippen molar-refractivity contribution in [1.29, 1.82) is 0 Å². The molecule has 1 saturated carbocycles. The second-order valence-corrected chi connectivity index (χ2v) is 8.74. The molecule has 1 fully saturated rings. The molecule has 1 aromatic heterocycles. The Kier molecular flexibility index (Phi) is 7.30. The van der Waals surface area contributed by atoms with Crippen LogP contribution >= 0.6 is 11.8 Å². The van der Waals surface area contributed by atoms with Gasteiger partial charge in [-0.05, 0) is 37.1 Å². The number of ether oxygens (including phenoxy) is 2. The average Bonchev–Trinajstić information content (AvgIpc) is 3.22. The van der Waals surface area contributed by atoms with Crippen molar-refractivity contribution in [2.24, 2.45) is 0 Å². The highest BCUT2D eigenvalue weighted by Gasteiger charge is 2.19. The summed E-state index contributed by atoms with van der Waals surface area (Å²) in [7, 11) is 0. The number of hydrogen-bond donors (Lipinski definition) is 2. The van der Waals surface area contributed by atoms with E-state index in [-0.39, 0.29) is 30.4 Å². The molecule has 1 aliphatic heterocycles. The maximum atomic E-state index is 12.9. The minimum atomic E-state index is -0.180. The third-order valence-electron chi connectivity index (χ3n) is 5.45. The second kappa shape index (κ2) is 10.5. The van der Waals surface area contributed by atoms with Gasteiger partial charge in [-0.2, -0.15) is 0 Å². The largest absolute Gasteiger partial charge is 0.454 e. The number of anilines is 1. The van der Waals surface area contributed by atoms with Crippen LogP contribution in [-0.2, 0) is 4.79 Å². The van der Waals surface area contributed by atoms with Crippen LogP contribution in [0.1, 0.15) is 55.3 Å². The van der Waals surface area contributed by atoms with E-state index in [0.717, 1.165) is 25.7 Å². The highest BCUT2D eigenvalue weighted by Crippen LogP contribution is 2.34. The first-order valence-electron chi connectivity index (χ1n) is 10.8. The second-order valence-electron chi connectivity index (χ2n) is 7.78. The van der Waals surface area contributed by atoms with E-state index in [1.165, 1.54) is 31.0 Å². The normalized spacial score (nSPS) is 16.3. The van der Waals surface area contributed by atoms with E-state index in [1.807, 2.05) is 0 Å². The fourth-order valence-electron chi connectivity index (χ4n) is 3.85. The minimum Gasteiger partial charge on any atom is -0.454 e. The Morgan fingerprint density at radius 1 is 1.03 bits per heavy atom. The van der Waals surface area contributed by atoms with Gasteiger partial charge in [0, 0.05) is 24.0 Å². The monoisotopic (exact) mass is 441 g/mol. The summed E-state index contributed by atoms with van der Waals surface area (Å²) in [5.41, 5.74) is 1.16.